The normalized spacial score (nSPS) is 35.0. The van der Waals surface area contributed by atoms with E-state index in [1.165, 1.54) is 53.7 Å². The molecule has 2 aromatic carbocycles. The van der Waals surface area contributed by atoms with Crippen LogP contribution in [0.15, 0.2) is 36.1 Å². The zero-order valence-electron chi connectivity index (χ0n) is 21.3. The molecule has 0 aromatic heterocycles. The Kier molecular flexibility index (Phi) is 5.72. The lowest BCUT2D eigenvalue weighted by Crippen LogP contribution is -2.83. The number of fused-ring (bicyclic) bond motifs is 1. The molecule has 0 bridgehead atoms. The van der Waals surface area contributed by atoms with Crippen LogP contribution in [0, 0.1) is 0 Å². The average molecular weight is 521 g/mol. The lowest BCUT2D eigenvalue weighted by Gasteiger charge is -2.64. The topological polar surface area (TPSA) is 190 Å². The van der Waals surface area contributed by atoms with Crippen LogP contribution >= 0.6 is 0 Å². The summed E-state index contributed by atoms with van der Waals surface area (Å²) in [6.45, 7) is 8.01. The molecular formula is C26H32O11. The smallest absolute Gasteiger partial charge is 0.239 e. The van der Waals surface area contributed by atoms with E-state index in [0.717, 1.165) is 18.2 Å². The first-order chi connectivity index (χ1) is 16.8. The SMILES string of the molecule is CC1(C)O[C@@](C)(OC2=C(c3ccc(O)c(O)c3)Oc3cc(O)cc(O)c3[C@H]2O)[C@](C)(O)[C@](C)(O)[C@@]1(C)O. The number of phenols is 4. The van der Waals surface area contributed by atoms with Crippen molar-refractivity contribution in [1.29, 1.82) is 0 Å². The van der Waals surface area contributed by atoms with Gasteiger partial charge in [0.15, 0.2) is 28.6 Å². The molecule has 0 saturated carbocycles. The molecule has 2 aliphatic rings. The van der Waals surface area contributed by atoms with Gasteiger partial charge in [-0.1, -0.05) is 0 Å². The van der Waals surface area contributed by atoms with Gasteiger partial charge in [-0.15, -0.1) is 0 Å². The van der Waals surface area contributed by atoms with E-state index < -0.39 is 57.3 Å². The molecule has 2 heterocycles. The highest BCUT2D eigenvalue weighted by Crippen LogP contribution is 2.56. The zero-order chi connectivity index (χ0) is 27.9. The van der Waals surface area contributed by atoms with Crippen LogP contribution < -0.4 is 4.74 Å². The first-order valence-corrected chi connectivity index (χ1v) is 11.5. The molecule has 0 spiro atoms. The fraction of sp³-hybridized carbons (Fsp3) is 0.462. The lowest BCUT2D eigenvalue weighted by atomic mass is 9.61. The molecule has 2 aliphatic heterocycles. The first-order valence-electron chi connectivity index (χ1n) is 11.5. The van der Waals surface area contributed by atoms with Gasteiger partial charge in [0.2, 0.25) is 5.79 Å². The molecule has 0 unspecified atom stereocenters. The van der Waals surface area contributed by atoms with Gasteiger partial charge in [-0.3, -0.25) is 0 Å². The minimum absolute atomic E-state index is 0.106. The van der Waals surface area contributed by atoms with Crippen LogP contribution in [0.1, 0.15) is 58.8 Å². The predicted molar refractivity (Wildman–Crippen MR) is 129 cm³/mol. The van der Waals surface area contributed by atoms with E-state index in [1.54, 1.807) is 0 Å². The van der Waals surface area contributed by atoms with Gasteiger partial charge < -0.3 is 55.1 Å². The predicted octanol–water partition coefficient (Wildman–Crippen LogP) is 2.10. The van der Waals surface area contributed by atoms with E-state index in [1.807, 2.05) is 0 Å². The summed E-state index contributed by atoms with van der Waals surface area (Å²) in [6.07, 6.45) is -1.75. The van der Waals surface area contributed by atoms with Crippen LogP contribution in [0.5, 0.6) is 28.7 Å². The third-order valence-corrected chi connectivity index (χ3v) is 8.01. The monoisotopic (exact) mass is 520 g/mol. The third kappa shape index (κ3) is 3.61. The number of hydrogen-bond acceptors (Lipinski definition) is 11. The molecule has 1 saturated heterocycles. The standard InChI is InChI=1S/C26H32O11/c1-22(2)23(3,32)24(4,33)25(5,34)26(6,37-22)36-21-19(31)18-16(30)10-13(27)11-17(18)35-20(21)12-7-8-14(28)15(29)9-12/h7-11,19,27-34H,1-6H3/t19-,23+,24-,25-,26-/m1/s1. The molecule has 0 aliphatic carbocycles. The van der Waals surface area contributed by atoms with Gasteiger partial charge in [0, 0.05) is 24.6 Å². The molecule has 5 atom stereocenters. The first kappa shape index (κ1) is 26.8. The summed E-state index contributed by atoms with van der Waals surface area (Å²) in [5, 5.41) is 85.7. The number of phenolic OH excluding ortho intramolecular Hbond substituents is 4. The Morgan fingerprint density at radius 2 is 1.38 bits per heavy atom. The molecule has 2 aromatic rings. The zero-order valence-corrected chi connectivity index (χ0v) is 21.3. The van der Waals surface area contributed by atoms with Gasteiger partial charge in [-0.05, 0) is 52.8 Å². The molecule has 4 rings (SSSR count). The third-order valence-electron chi connectivity index (χ3n) is 8.01. The number of hydrogen-bond donors (Lipinski definition) is 8. The Hall–Kier alpha value is -3.22. The van der Waals surface area contributed by atoms with Crippen LogP contribution in [0.4, 0.5) is 0 Å². The van der Waals surface area contributed by atoms with E-state index in [-0.39, 0.29) is 28.4 Å². The number of aromatic hydroxyl groups is 4. The van der Waals surface area contributed by atoms with E-state index in [0.29, 0.717) is 0 Å². The van der Waals surface area contributed by atoms with Crippen molar-refractivity contribution in [2.45, 2.75) is 75.8 Å². The van der Waals surface area contributed by atoms with Crippen molar-refractivity contribution in [1.82, 2.24) is 0 Å². The van der Waals surface area contributed by atoms with Crippen molar-refractivity contribution in [2.24, 2.45) is 0 Å². The van der Waals surface area contributed by atoms with Gasteiger partial charge in [0.05, 0.1) is 11.2 Å². The van der Waals surface area contributed by atoms with Crippen LogP contribution in [0.3, 0.4) is 0 Å². The summed E-state index contributed by atoms with van der Waals surface area (Å²) >= 11 is 0. The lowest BCUT2D eigenvalue weighted by molar-refractivity contribution is -0.446. The molecule has 1 fully saturated rings. The van der Waals surface area contributed by atoms with Gasteiger partial charge in [-0.2, -0.15) is 0 Å². The summed E-state index contributed by atoms with van der Waals surface area (Å²) < 4.78 is 18.1. The number of benzene rings is 2. The van der Waals surface area contributed by atoms with Crippen LogP contribution in [0.25, 0.3) is 5.76 Å². The number of aliphatic hydroxyl groups excluding tert-OH is 1. The number of ether oxygens (including phenoxy) is 3. The maximum atomic E-state index is 11.6. The molecule has 11 heteroatoms. The highest BCUT2D eigenvalue weighted by atomic mass is 16.7. The maximum Gasteiger partial charge on any atom is 0.239 e. The summed E-state index contributed by atoms with van der Waals surface area (Å²) in [7, 11) is 0. The van der Waals surface area contributed by atoms with Crippen molar-refractivity contribution in [3.63, 3.8) is 0 Å². The van der Waals surface area contributed by atoms with Crippen molar-refractivity contribution in [3.8, 4) is 28.7 Å². The van der Waals surface area contributed by atoms with Crippen LogP contribution in [-0.2, 0) is 9.47 Å². The van der Waals surface area contributed by atoms with E-state index in [9.17, 15) is 40.9 Å². The molecular weight excluding hydrogens is 488 g/mol. The highest BCUT2D eigenvalue weighted by molar-refractivity contribution is 5.72. The molecule has 8 N–H and O–H groups in total. The van der Waals surface area contributed by atoms with Gasteiger partial charge in [0.25, 0.3) is 0 Å². The Bertz CT molecular complexity index is 1290. The van der Waals surface area contributed by atoms with E-state index in [4.69, 9.17) is 14.2 Å². The molecule has 0 amide bonds. The second kappa shape index (κ2) is 7.89. The highest BCUT2D eigenvalue weighted by Gasteiger charge is 2.74. The Balaban J connectivity index is 1.94. The van der Waals surface area contributed by atoms with E-state index >= 15 is 0 Å². The number of aliphatic hydroxyl groups is 4. The maximum absolute atomic E-state index is 11.6. The Morgan fingerprint density at radius 3 is 1.97 bits per heavy atom. The second-order valence-electron chi connectivity index (χ2n) is 10.7. The summed E-state index contributed by atoms with van der Waals surface area (Å²) in [6, 6.07) is 5.78. The Labute approximate surface area is 213 Å². The van der Waals surface area contributed by atoms with Crippen molar-refractivity contribution < 1.29 is 55.1 Å². The van der Waals surface area contributed by atoms with Crippen LogP contribution in [0.2, 0.25) is 0 Å². The molecule has 37 heavy (non-hydrogen) atoms. The summed E-state index contributed by atoms with van der Waals surface area (Å²) in [5.74, 6) is -4.69. The Morgan fingerprint density at radius 1 is 0.757 bits per heavy atom. The summed E-state index contributed by atoms with van der Waals surface area (Å²) in [4.78, 5) is 0. The fourth-order valence-electron chi connectivity index (χ4n) is 4.86. The van der Waals surface area contributed by atoms with Gasteiger partial charge >= 0.3 is 0 Å². The van der Waals surface area contributed by atoms with Crippen molar-refractivity contribution in [3.05, 3.63) is 47.2 Å². The van der Waals surface area contributed by atoms with Crippen molar-refractivity contribution in [2.75, 3.05) is 0 Å². The molecule has 202 valence electrons. The fourth-order valence-corrected chi connectivity index (χ4v) is 4.86. The summed E-state index contributed by atoms with van der Waals surface area (Å²) in [5.41, 5.74) is -8.08. The average Bonchev–Trinajstić information content (AvgIpc) is 2.75. The minimum Gasteiger partial charge on any atom is -0.508 e. The quantitative estimate of drug-likeness (QED) is 0.277. The molecule has 11 nitrogen and oxygen atoms in total. The van der Waals surface area contributed by atoms with E-state index in [2.05, 4.69) is 0 Å². The van der Waals surface area contributed by atoms with Crippen LogP contribution in [-0.4, -0.2) is 69.0 Å². The molecule has 0 radical (unpaired) electrons. The largest absolute Gasteiger partial charge is 0.508 e. The van der Waals surface area contributed by atoms with Gasteiger partial charge in [-0.25, -0.2) is 0 Å². The minimum atomic E-state index is -2.31. The van der Waals surface area contributed by atoms with Gasteiger partial charge in [0.1, 0.15) is 34.6 Å². The number of rotatable bonds is 3. The second-order valence-corrected chi connectivity index (χ2v) is 10.7. The van der Waals surface area contributed by atoms with Crippen molar-refractivity contribution >= 4 is 5.76 Å².